The summed E-state index contributed by atoms with van der Waals surface area (Å²) in [6, 6.07) is 12.9. The van der Waals surface area contributed by atoms with E-state index in [1.54, 1.807) is 19.1 Å². The van der Waals surface area contributed by atoms with E-state index in [0.29, 0.717) is 17.8 Å². The Morgan fingerprint density at radius 1 is 1.20 bits per heavy atom. The van der Waals surface area contributed by atoms with E-state index in [9.17, 15) is 9.50 Å². The topological polar surface area (TPSA) is 23.5 Å². The van der Waals surface area contributed by atoms with E-state index in [-0.39, 0.29) is 5.82 Å². The lowest BCUT2D eigenvalue weighted by atomic mass is 10.1. The van der Waals surface area contributed by atoms with E-state index < -0.39 is 6.10 Å². The first-order valence-corrected chi connectivity index (χ1v) is 6.72. The Hall–Kier alpha value is -1.87. The molecule has 2 aromatic rings. The van der Waals surface area contributed by atoms with Gasteiger partial charge in [0, 0.05) is 19.2 Å². The Kier molecular flexibility index (Phi) is 4.40. The van der Waals surface area contributed by atoms with Crippen LogP contribution in [0.25, 0.3) is 0 Å². The standard InChI is InChI=1S/C17H20FNO/c1-12-6-4-7-14(10-12)11-19(3)17-15(13(2)20)8-5-9-16(17)18/h4-10,13,20H,11H2,1-3H3/t13-/m1/s1. The maximum Gasteiger partial charge on any atom is 0.146 e. The largest absolute Gasteiger partial charge is 0.389 e. The summed E-state index contributed by atoms with van der Waals surface area (Å²) in [5.41, 5.74) is 3.37. The van der Waals surface area contributed by atoms with Gasteiger partial charge in [0.15, 0.2) is 0 Å². The predicted molar refractivity (Wildman–Crippen MR) is 80.3 cm³/mol. The first kappa shape index (κ1) is 14.5. The lowest BCUT2D eigenvalue weighted by molar-refractivity contribution is 0.199. The van der Waals surface area contributed by atoms with Gasteiger partial charge in [0.05, 0.1) is 11.8 Å². The van der Waals surface area contributed by atoms with Crippen LogP contribution in [0.3, 0.4) is 0 Å². The van der Waals surface area contributed by atoms with Gasteiger partial charge >= 0.3 is 0 Å². The molecule has 0 amide bonds. The first-order valence-electron chi connectivity index (χ1n) is 6.72. The van der Waals surface area contributed by atoms with Gasteiger partial charge in [-0.25, -0.2) is 4.39 Å². The van der Waals surface area contributed by atoms with Crippen LogP contribution in [-0.2, 0) is 6.54 Å². The molecule has 20 heavy (non-hydrogen) atoms. The van der Waals surface area contributed by atoms with Crippen molar-refractivity contribution in [2.24, 2.45) is 0 Å². The van der Waals surface area contributed by atoms with Crippen LogP contribution in [0.1, 0.15) is 29.7 Å². The molecule has 0 saturated carbocycles. The van der Waals surface area contributed by atoms with Crippen molar-refractivity contribution in [1.29, 1.82) is 0 Å². The number of benzene rings is 2. The van der Waals surface area contributed by atoms with Gasteiger partial charge in [-0.05, 0) is 25.5 Å². The Bertz CT molecular complexity index is 595. The van der Waals surface area contributed by atoms with Crippen molar-refractivity contribution in [3.8, 4) is 0 Å². The van der Waals surface area contributed by atoms with Crippen LogP contribution in [0.4, 0.5) is 10.1 Å². The van der Waals surface area contributed by atoms with Crippen molar-refractivity contribution in [2.75, 3.05) is 11.9 Å². The summed E-state index contributed by atoms with van der Waals surface area (Å²) < 4.78 is 14.1. The Balaban J connectivity index is 2.31. The second-order valence-corrected chi connectivity index (χ2v) is 5.20. The lowest BCUT2D eigenvalue weighted by Gasteiger charge is -2.24. The molecule has 0 bridgehead atoms. The monoisotopic (exact) mass is 273 g/mol. The number of halogens is 1. The highest BCUT2D eigenvalue weighted by Gasteiger charge is 2.16. The van der Waals surface area contributed by atoms with Crippen LogP contribution in [-0.4, -0.2) is 12.2 Å². The number of anilines is 1. The number of nitrogens with zero attached hydrogens (tertiary/aromatic N) is 1. The molecule has 0 fully saturated rings. The average molecular weight is 273 g/mol. The normalized spacial score (nSPS) is 12.2. The molecule has 0 heterocycles. The zero-order valence-electron chi connectivity index (χ0n) is 12.1. The van der Waals surface area contributed by atoms with Gasteiger partial charge in [-0.15, -0.1) is 0 Å². The van der Waals surface area contributed by atoms with Crippen LogP contribution in [0.15, 0.2) is 42.5 Å². The number of aryl methyl sites for hydroxylation is 1. The molecular formula is C17H20FNO. The third-order valence-corrected chi connectivity index (χ3v) is 3.35. The van der Waals surface area contributed by atoms with Crippen molar-refractivity contribution in [3.63, 3.8) is 0 Å². The highest BCUT2D eigenvalue weighted by atomic mass is 19.1. The molecule has 0 radical (unpaired) electrons. The van der Waals surface area contributed by atoms with Gasteiger partial charge in [0.1, 0.15) is 5.82 Å². The smallest absolute Gasteiger partial charge is 0.146 e. The Morgan fingerprint density at radius 2 is 1.90 bits per heavy atom. The molecule has 2 nitrogen and oxygen atoms in total. The highest BCUT2D eigenvalue weighted by molar-refractivity contribution is 5.55. The minimum Gasteiger partial charge on any atom is -0.389 e. The van der Waals surface area contributed by atoms with Gasteiger partial charge in [-0.2, -0.15) is 0 Å². The molecule has 0 aliphatic carbocycles. The average Bonchev–Trinajstić information content (AvgIpc) is 2.38. The lowest BCUT2D eigenvalue weighted by Crippen LogP contribution is -2.20. The van der Waals surface area contributed by atoms with E-state index in [2.05, 4.69) is 6.07 Å². The van der Waals surface area contributed by atoms with E-state index >= 15 is 0 Å². The number of para-hydroxylation sites is 1. The molecule has 0 aliphatic heterocycles. The summed E-state index contributed by atoms with van der Waals surface area (Å²) >= 11 is 0. The van der Waals surface area contributed by atoms with E-state index in [4.69, 9.17) is 0 Å². The molecule has 0 spiro atoms. The van der Waals surface area contributed by atoms with Gasteiger partial charge in [0.2, 0.25) is 0 Å². The first-order chi connectivity index (χ1) is 9.49. The van der Waals surface area contributed by atoms with Crippen LogP contribution >= 0.6 is 0 Å². The number of aliphatic hydroxyl groups is 1. The van der Waals surface area contributed by atoms with Crippen LogP contribution in [0.5, 0.6) is 0 Å². The summed E-state index contributed by atoms with van der Waals surface area (Å²) in [6.07, 6.45) is -0.694. The van der Waals surface area contributed by atoms with Crippen LogP contribution < -0.4 is 4.90 Å². The molecule has 2 rings (SSSR count). The van der Waals surface area contributed by atoms with Crippen LogP contribution in [0.2, 0.25) is 0 Å². The van der Waals surface area contributed by atoms with E-state index in [0.717, 1.165) is 5.56 Å². The van der Waals surface area contributed by atoms with Gasteiger partial charge in [-0.3, -0.25) is 0 Å². The minimum absolute atomic E-state index is 0.307. The predicted octanol–water partition coefficient (Wildman–Crippen LogP) is 3.82. The van der Waals surface area contributed by atoms with E-state index in [1.807, 2.05) is 37.1 Å². The molecule has 2 aromatic carbocycles. The van der Waals surface area contributed by atoms with Crippen molar-refractivity contribution < 1.29 is 9.50 Å². The zero-order valence-corrected chi connectivity index (χ0v) is 12.1. The summed E-state index contributed by atoms with van der Waals surface area (Å²) in [4.78, 5) is 1.84. The fourth-order valence-corrected chi connectivity index (χ4v) is 2.44. The molecule has 0 unspecified atom stereocenters. The van der Waals surface area contributed by atoms with Crippen molar-refractivity contribution >= 4 is 5.69 Å². The summed E-state index contributed by atoms with van der Waals surface area (Å²) in [6.45, 7) is 4.29. The Labute approximate surface area is 119 Å². The molecular weight excluding hydrogens is 253 g/mol. The van der Waals surface area contributed by atoms with E-state index in [1.165, 1.54) is 11.6 Å². The SMILES string of the molecule is Cc1cccc(CN(C)c2c(F)cccc2[C@@H](C)O)c1. The van der Waals surface area contributed by atoms with Gasteiger partial charge in [-0.1, -0.05) is 42.0 Å². The molecule has 1 atom stereocenters. The van der Waals surface area contributed by atoms with Gasteiger partial charge in [0.25, 0.3) is 0 Å². The van der Waals surface area contributed by atoms with Crippen molar-refractivity contribution in [2.45, 2.75) is 26.5 Å². The maximum absolute atomic E-state index is 14.1. The quantitative estimate of drug-likeness (QED) is 0.915. The van der Waals surface area contributed by atoms with Crippen molar-refractivity contribution in [3.05, 3.63) is 65.0 Å². The second kappa shape index (κ2) is 6.06. The summed E-state index contributed by atoms with van der Waals surface area (Å²) in [5, 5.41) is 9.79. The molecule has 0 aliphatic rings. The Morgan fingerprint density at radius 3 is 2.55 bits per heavy atom. The fourth-order valence-electron chi connectivity index (χ4n) is 2.44. The number of rotatable bonds is 4. The zero-order chi connectivity index (χ0) is 14.7. The fraction of sp³-hybridized carbons (Fsp3) is 0.294. The number of aliphatic hydroxyl groups excluding tert-OH is 1. The van der Waals surface area contributed by atoms with Gasteiger partial charge < -0.3 is 10.0 Å². The molecule has 0 saturated heterocycles. The molecule has 106 valence electrons. The molecule has 0 aromatic heterocycles. The van der Waals surface area contributed by atoms with Crippen molar-refractivity contribution in [1.82, 2.24) is 0 Å². The maximum atomic E-state index is 14.1. The number of hydrogen-bond acceptors (Lipinski definition) is 2. The third kappa shape index (κ3) is 3.17. The second-order valence-electron chi connectivity index (χ2n) is 5.20. The number of hydrogen-bond donors (Lipinski definition) is 1. The van der Waals surface area contributed by atoms with Crippen LogP contribution in [0, 0.1) is 12.7 Å². The highest BCUT2D eigenvalue weighted by Crippen LogP contribution is 2.29. The molecule has 1 N–H and O–H groups in total. The third-order valence-electron chi connectivity index (χ3n) is 3.35. The minimum atomic E-state index is -0.694. The summed E-state index contributed by atoms with van der Waals surface area (Å²) in [7, 11) is 1.84. The molecule has 3 heteroatoms. The summed E-state index contributed by atoms with van der Waals surface area (Å²) in [5.74, 6) is -0.307.